The fraction of sp³-hybridized carbons (Fsp3) is 0.897. The third-order valence-electron chi connectivity index (χ3n) is 10.5. The molecule has 0 aromatic carbocycles. The minimum atomic E-state index is -0.0969. The van der Waals surface area contributed by atoms with Crippen molar-refractivity contribution in [1.29, 1.82) is 0 Å². The molecule has 0 amide bonds. The lowest BCUT2D eigenvalue weighted by atomic mass is 9.45. The van der Waals surface area contributed by atoms with E-state index in [4.69, 9.17) is 4.74 Å². The first kappa shape index (κ1) is 23.4. The SMILES string of the molecule is CC(=O)O[C@H]1CC[C@@]2(C)C(CC[C@H]3C4=CC[C@H]([C@H](C)CCCC(C)C)[C@@]4(C)CC[C@@H]32)C1. The summed E-state index contributed by atoms with van der Waals surface area (Å²) in [7, 11) is 0. The van der Waals surface area contributed by atoms with Gasteiger partial charge in [0.1, 0.15) is 6.10 Å². The fourth-order valence-electron chi connectivity index (χ4n) is 8.83. The number of fused-ring (bicyclic) bond motifs is 5. The van der Waals surface area contributed by atoms with Crippen LogP contribution in [0.15, 0.2) is 11.6 Å². The molecule has 0 heterocycles. The summed E-state index contributed by atoms with van der Waals surface area (Å²) in [6.07, 6.45) is 17.3. The smallest absolute Gasteiger partial charge is 0.302 e. The minimum absolute atomic E-state index is 0.0969. The first-order valence-corrected chi connectivity index (χ1v) is 13.5. The number of carbonyl (C=O) groups is 1. The van der Waals surface area contributed by atoms with Crippen molar-refractivity contribution in [2.24, 2.45) is 46.3 Å². The Kier molecular flexibility index (Phi) is 6.68. The summed E-state index contributed by atoms with van der Waals surface area (Å²) in [5.74, 6) is 4.85. The zero-order valence-electron chi connectivity index (χ0n) is 21.2. The quantitative estimate of drug-likeness (QED) is 0.317. The molecule has 0 N–H and O–H groups in total. The van der Waals surface area contributed by atoms with Gasteiger partial charge < -0.3 is 4.74 Å². The van der Waals surface area contributed by atoms with E-state index in [1.807, 2.05) is 5.57 Å². The van der Waals surface area contributed by atoms with Gasteiger partial charge in [-0.05, 0) is 97.7 Å². The van der Waals surface area contributed by atoms with E-state index >= 15 is 0 Å². The molecule has 0 bridgehead atoms. The van der Waals surface area contributed by atoms with Gasteiger partial charge in [-0.3, -0.25) is 4.79 Å². The Morgan fingerprint density at radius 3 is 2.58 bits per heavy atom. The van der Waals surface area contributed by atoms with Gasteiger partial charge in [-0.25, -0.2) is 0 Å². The molecular weight excluding hydrogens is 380 g/mol. The highest BCUT2D eigenvalue weighted by atomic mass is 16.5. The number of carbonyl (C=O) groups excluding carboxylic acids is 1. The molecule has 0 spiro atoms. The first-order chi connectivity index (χ1) is 14.6. The molecule has 8 atom stereocenters. The third-order valence-corrected chi connectivity index (χ3v) is 10.5. The van der Waals surface area contributed by atoms with Gasteiger partial charge in [0.25, 0.3) is 0 Å². The highest BCUT2D eigenvalue weighted by molar-refractivity contribution is 5.66. The number of hydrogen-bond donors (Lipinski definition) is 0. The van der Waals surface area contributed by atoms with Crippen LogP contribution >= 0.6 is 0 Å². The van der Waals surface area contributed by atoms with Crippen LogP contribution in [0.25, 0.3) is 0 Å². The summed E-state index contributed by atoms with van der Waals surface area (Å²) in [4.78, 5) is 11.5. The van der Waals surface area contributed by atoms with Crippen LogP contribution in [0.4, 0.5) is 0 Å². The van der Waals surface area contributed by atoms with Crippen LogP contribution in [0, 0.1) is 46.3 Å². The summed E-state index contributed by atoms with van der Waals surface area (Å²) in [6, 6.07) is 0. The Labute approximate surface area is 192 Å². The van der Waals surface area contributed by atoms with Crippen LogP contribution in [-0.4, -0.2) is 12.1 Å². The van der Waals surface area contributed by atoms with Crippen molar-refractivity contribution < 1.29 is 9.53 Å². The Morgan fingerprint density at radius 1 is 1.10 bits per heavy atom. The molecule has 0 aromatic rings. The monoisotopic (exact) mass is 428 g/mol. The largest absolute Gasteiger partial charge is 0.463 e. The lowest BCUT2D eigenvalue weighted by Crippen LogP contribution is -2.52. The molecule has 0 aromatic heterocycles. The van der Waals surface area contributed by atoms with Crippen molar-refractivity contribution in [3.63, 3.8) is 0 Å². The van der Waals surface area contributed by atoms with Crippen molar-refractivity contribution in [2.75, 3.05) is 0 Å². The maximum Gasteiger partial charge on any atom is 0.302 e. The fourth-order valence-corrected chi connectivity index (χ4v) is 8.83. The molecule has 1 unspecified atom stereocenters. The predicted molar refractivity (Wildman–Crippen MR) is 129 cm³/mol. The number of rotatable bonds is 6. The van der Waals surface area contributed by atoms with E-state index in [1.54, 1.807) is 6.92 Å². The molecule has 0 aliphatic heterocycles. The van der Waals surface area contributed by atoms with Crippen molar-refractivity contribution in [2.45, 2.75) is 118 Å². The van der Waals surface area contributed by atoms with E-state index in [9.17, 15) is 4.79 Å². The predicted octanol–water partition coefficient (Wildman–Crippen LogP) is 7.96. The van der Waals surface area contributed by atoms with Crippen LogP contribution in [0.3, 0.4) is 0 Å². The molecule has 176 valence electrons. The van der Waals surface area contributed by atoms with Crippen molar-refractivity contribution in [1.82, 2.24) is 0 Å². The van der Waals surface area contributed by atoms with E-state index in [2.05, 4.69) is 40.7 Å². The second-order valence-corrected chi connectivity index (χ2v) is 12.8. The zero-order chi connectivity index (χ0) is 22.4. The summed E-state index contributed by atoms with van der Waals surface area (Å²) >= 11 is 0. The van der Waals surface area contributed by atoms with Crippen LogP contribution < -0.4 is 0 Å². The average Bonchev–Trinajstić information content (AvgIpc) is 3.05. The highest BCUT2D eigenvalue weighted by Gasteiger charge is 2.58. The van der Waals surface area contributed by atoms with Gasteiger partial charge in [0, 0.05) is 6.92 Å². The van der Waals surface area contributed by atoms with Gasteiger partial charge in [0.15, 0.2) is 0 Å². The Morgan fingerprint density at radius 2 is 1.87 bits per heavy atom. The molecule has 0 saturated heterocycles. The zero-order valence-corrected chi connectivity index (χ0v) is 21.2. The average molecular weight is 429 g/mol. The second-order valence-electron chi connectivity index (χ2n) is 12.8. The lowest BCUT2D eigenvalue weighted by molar-refractivity contribution is -0.155. The number of hydrogen-bond acceptors (Lipinski definition) is 2. The van der Waals surface area contributed by atoms with Crippen LogP contribution in [0.2, 0.25) is 0 Å². The highest BCUT2D eigenvalue weighted by Crippen LogP contribution is 2.66. The number of allylic oxidation sites excluding steroid dienone is 2. The first-order valence-electron chi connectivity index (χ1n) is 13.5. The summed E-state index contributed by atoms with van der Waals surface area (Å²) in [5, 5.41) is 0. The molecule has 4 aliphatic rings. The van der Waals surface area contributed by atoms with Crippen LogP contribution in [0.1, 0.15) is 112 Å². The van der Waals surface area contributed by atoms with Gasteiger partial charge >= 0.3 is 5.97 Å². The van der Waals surface area contributed by atoms with Gasteiger partial charge in [0.2, 0.25) is 0 Å². The normalized spacial score (nSPS) is 42.9. The van der Waals surface area contributed by atoms with Crippen molar-refractivity contribution >= 4 is 5.97 Å². The molecule has 31 heavy (non-hydrogen) atoms. The molecule has 3 fully saturated rings. The van der Waals surface area contributed by atoms with E-state index in [-0.39, 0.29) is 12.1 Å². The van der Waals surface area contributed by atoms with E-state index in [1.165, 1.54) is 57.8 Å². The molecular formula is C29H48O2. The van der Waals surface area contributed by atoms with Crippen LogP contribution in [0.5, 0.6) is 0 Å². The molecule has 4 aliphatic carbocycles. The molecule has 2 nitrogen and oxygen atoms in total. The maximum atomic E-state index is 11.5. The minimum Gasteiger partial charge on any atom is -0.463 e. The standard InChI is InChI=1S/C29H48O2/c1-19(2)8-7-9-20(3)25-12-13-26-24-11-10-22-18-23(31-21(4)30)14-16-28(22,5)27(24)15-17-29(25,26)6/h13,19-20,22-25,27H,7-12,14-18H2,1-6H3/t20-,22?,23+,24+,25-,27+,28+,29-/m1/s1. The summed E-state index contributed by atoms with van der Waals surface area (Å²) in [5.41, 5.74) is 2.77. The maximum absolute atomic E-state index is 11.5. The van der Waals surface area contributed by atoms with Gasteiger partial charge in [-0.2, -0.15) is 0 Å². The summed E-state index contributed by atoms with van der Waals surface area (Å²) in [6.45, 7) is 14.1. The molecule has 4 rings (SSSR count). The van der Waals surface area contributed by atoms with E-state index in [0.717, 1.165) is 48.3 Å². The number of ether oxygens (including phenoxy) is 1. The van der Waals surface area contributed by atoms with Crippen molar-refractivity contribution in [3.8, 4) is 0 Å². The van der Waals surface area contributed by atoms with Gasteiger partial charge in [-0.1, -0.05) is 65.5 Å². The van der Waals surface area contributed by atoms with Crippen LogP contribution in [-0.2, 0) is 9.53 Å². The van der Waals surface area contributed by atoms with Gasteiger partial charge in [-0.15, -0.1) is 0 Å². The third kappa shape index (κ3) is 4.26. The van der Waals surface area contributed by atoms with E-state index in [0.29, 0.717) is 10.8 Å². The topological polar surface area (TPSA) is 26.3 Å². The van der Waals surface area contributed by atoms with E-state index < -0.39 is 0 Å². The Bertz CT molecular complexity index is 693. The second kappa shape index (κ2) is 8.86. The van der Waals surface area contributed by atoms with Crippen molar-refractivity contribution in [3.05, 3.63) is 11.6 Å². The molecule has 2 heteroatoms. The lowest BCUT2D eigenvalue weighted by Gasteiger charge is -2.60. The molecule has 0 radical (unpaired) electrons. The summed E-state index contributed by atoms with van der Waals surface area (Å²) < 4.78 is 5.64. The van der Waals surface area contributed by atoms with Gasteiger partial charge in [0.05, 0.1) is 0 Å². The Hall–Kier alpha value is -0.790. The molecule has 3 saturated carbocycles. The number of esters is 1. The Balaban J connectivity index is 1.44.